The first-order valence-electron chi connectivity index (χ1n) is 11.1. The molecular formula is C27H30N4O2. The van der Waals surface area contributed by atoms with E-state index in [0.29, 0.717) is 5.69 Å². The van der Waals surface area contributed by atoms with E-state index in [2.05, 4.69) is 49.4 Å². The Balaban J connectivity index is 1.34. The fraction of sp³-hybridized carbons (Fsp3) is 0.259. The van der Waals surface area contributed by atoms with Crippen LogP contribution in [0.5, 0.6) is 5.75 Å². The highest BCUT2D eigenvalue weighted by atomic mass is 16.5. The molecule has 1 amide bonds. The van der Waals surface area contributed by atoms with Crippen LogP contribution in [0, 0.1) is 0 Å². The number of nitrogens with one attached hydrogen (secondary N) is 1. The van der Waals surface area contributed by atoms with E-state index < -0.39 is 0 Å². The molecule has 0 radical (unpaired) electrons. The van der Waals surface area contributed by atoms with Crippen LogP contribution in [0.3, 0.4) is 0 Å². The number of hydrogen-bond acceptors (Lipinski definition) is 3. The average molecular weight is 443 g/mol. The summed E-state index contributed by atoms with van der Waals surface area (Å²) in [6.07, 6.45) is 5.74. The number of rotatable bonds is 7. The molecule has 0 aliphatic rings. The Bertz CT molecular complexity index is 1200. The van der Waals surface area contributed by atoms with Crippen LogP contribution in [0.2, 0.25) is 0 Å². The van der Waals surface area contributed by atoms with Crippen LogP contribution in [0.25, 0.3) is 5.69 Å². The van der Waals surface area contributed by atoms with Crippen LogP contribution >= 0.6 is 0 Å². The first-order chi connectivity index (χ1) is 15.8. The van der Waals surface area contributed by atoms with Crippen molar-refractivity contribution >= 4 is 5.91 Å². The minimum absolute atomic E-state index is 0.101. The second-order valence-corrected chi connectivity index (χ2v) is 9.17. The molecule has 0 unspecified atom stereocenters. The van der Waals surface area contributed by atoms with Gasteiger partial charge in [0, 0.05) is 24.3 Å². The lowest BCUT2D eigenvalue weighted by Gasteiger charge is -2.19. The Morgan fingerprint density at radius 3 is 2.42 bits per heavy atom. The van der Waals surface area contributed by atoms with Gasteiger partial charge >= 0.3 is 0 Å². The molecule has 170 valence electrons. The highest BCUT2D eigenvalue weighted by Crippen LogP contribution is 2.24. The zero-order chi connectivity index (χ0) is 23.4. The Labute approximate surface area is 194 Å². The summed E-state index contributed by atoms with van der Waals surface area (Å²) >= 11 is 0. The van der Waals surface area contributed by atoms with Crippen molar-refractivity contribution in [3.63, 3.8) is 0 Å². The lowest BCUT2D eigenvalue weighted by molar-refractivity contribution is 0.0932. The Morgan fingerprint density at radius 2 is 1.73 bits per heavy atom. The molecule has 2 aromatic heterocycles. The van der Waals surface area contributed by atoms with E-state index in [1.807, 2.05) is 66.3 Å². The van der Waals surface area contributed by atoms with E-state index in [1.54, 1.807) is 16.9 Å². The highest BCUT2D eigenvalue weighted by molar-refractivity contribution is 5.92. The third-order valence-electron chi connectivity index (χ3n) is 5.58. The first-order valence-corrected chi connectivity index (χ1v) is 11.1. The molecule has 1 N–H and O–H groups in total. The van der Waals surface area contributed by atoms with Crippen molar-refractivity contribution in [2.75, 3.05) is 0 Å². The average Bonchev–Trinajstić information content (AvgIpc) is 3.50. The molecule has 2 aromatic carbocycles. The van der Waals surface area contributed by atoms with E-state index in [4.69, 9.17) is 4.74 Å². The van der Waals surface area contributed by atoms with Crippen LogP contribution in [0.1, 0.15) is 55.4 Å². The molecule has 0 fully saturated rings. The van der Waals surface area contributed by atoms with Gasteiger partial charge in [0.15, 0.2) is 6.73 Å². The fourth-order valence-corrected chi connectivity index (χ4v) is 3.56. The quantitative estimate of drug-likeness (QED) is 0.411. The smallest absolute Gasteiger partial charge is 0.272 e. The molecule has 4 aromatic rings. The maximum absolute atomic E-state index is 12.7. The molecule has 0 saturated heterocycles. The number of hydrogen-bond donors (Lipinski definition) is 1. The molecule has 6 heteroatoms. The summed E-state index contributed by atoms with van der Waals surface area (Å²) in [6, 6.07) is 21.7. The van der Waals surface area contributed by atoms with Crippen LogP contribution in [0.15, 0.2) is 85.3 Å². The summed E-state index contributed by atoms with van der Waals surface area (Å²) in [5.74, 6) is 0.544. The third kappa shape index (κ3) is 5.52. The van der Waals surface area contributed by atoms with Gasteiger partial charge in [0.2, 0.25) is 0 Å². The van der Waals surface area contributed by atoms with Crippen LogP contribution < -0.4 is 10.1 Å². The van der Waals surface area contributed by atoms with Crippen molar-refractivity contribution in [2.45, 2.75) is 45.9 Å². The number of amides is 1. The maximum Gasteiger partial charge on any atom is 0.272 e. The zero-order valence-corrected chi connectivity index (χ0v) is 19.5. The summed E-state index contributed by atoms with van der Waals surface area (Å²) in [5, 5.41) is 7.39. The molecule has 0 bridgehead atoms. The van der Waals surface area contributed by atoms with Crippen molar-refractivity contribution in [2.24, 2.45) is 0 Å². The van der Waals surface area contributed by atoms with Crippen molar-refractivity contribution in [3.8, 4) is 11.4 Å². The van der Waals surface area contributed by atoms with Gasteiger partial charge in [0.1, 0.15) is 11.4 Å². The second-order valence-electron chi connectivity index (χ2n) is 9.17. The minimum atomic E-state index is -0.220. The molecular weight excluding hydrogens is 412 g/mol. The van der Waals surface area contributed by atoms with Gasteiger partial charge in [-0.2, -0.15) is 5.10 Å². The summed E-state index contributed by atoms with van der Waals surface area (Å²) in [6.45, 7) is 8.74. The van der Waals surface area contributed by atoms with Gasteiger partial charge in [-0.25, -0.2) is 4.68 Å². The predicted molar refractivity (Wildman–Crippen MR) is 130 cm³/mol. The van der Waals surface area contributed by atoms with Crippen LogP contribution in [0.4, 0.5) is 0 Å². The minimum Gasteiger partial charge on any atom is -0.471 e. The van der Waals surface area contributed by atoms with Gasteiger partial charge < -0.3 is 14.6 Å². The van der Waals surface area contributed by atoms with Gasteiger partial charge in [-0.3, -0.25) is 4.79 Å². The molecule has 2 heterocycles. The van der Waals surface area contributed by atoms with Crippen LogP contribution in [-0.4, -0.2) is 20.3 Å². The van der Waals surface area contributed by atoms with Gasteiger partial charge in [0.05, 0.1) is 6.04 Å². The van der Waals surface area contributed by atoms with Gasteiger partial charge in [-0.05, 0) is 65.9 Å². The molecule has 0 aliphatic heterocycles. The van der Waals surface area contributed by atoms with Crippen molar-refractivity contribution in [1.29, 1.82) is 0 Å². The van der Waals surface area contributed by atoms with Crippen molar-refractivity contribution in [3.05, 3.63) is 102 Å². The lowest BCUT2D eigenvalue weighted by Crippen LogP contribution is -2.27. The number of nitrogens with zero attached hydrogens (tertiary/aromatic N) is 3. The summed E-state index contributed by atoms with van der Waals surface area (Å²) in [7, 11) is 0. The molecule has 4 rings (SSSR count). The summed E-state index contributed by atoms with van der Waals surface area (Å²) < 4.78 is 9.47. The summed E-state index contributed by atoms with van der Waals surface area (Å²) in [4.78, 5) is 12.7. The topological polar surface area (TPSA) is 61.1 Å². The number of carbonyl (C=O) groups excluding carboxylic acids is 1. The van der Waals surface area contributed by atoms with Crippen molar-refractivity contribution in [1.82, 2.24) is 19.7 Å². The second kappa shape index (κ2) is 9.36. The number of carbonyl (C=O) groups is 1. The number of benzene rings is 2. The predicted octanol–water partition coefficient (Wildman–Crippen LogP) is 5.50. The van der Waals surface area contributed by atoms with E-state index >= 15 is 0 Å². The molecule has 0 aliphatic carbocycles. The van der Waals surface area contributed by atoms with Gasteiger partial charge in [0.25, 0.3) is 5.91 Å². The standard InChI is InChI=1S/C27H30N4O2/c1-20(21-8-7-9-23(18-21)30-15-5-6-16-30)28-26(32)25-14-17-31(29-25)19-33-24-12-10-22(11-13-24)27(2,3)4/h5-18,20H,19H2,1-4H3,(H,28,32)/t20-/m1/s1. The monoisotopic (exact) mass is 442 g/mol. The van der Waals surface area contributed by atoms with Crippen LogP contribution in [-0.2, 0) is 12.1 Å². The van der Waals surface area contributed by atoms with Gasteiger partial charge in [-0.15, -0.1) is 0 Å². The lowest BCUT2D eigenvalue weighted by atomic mass is 9.87. The van der Waals surface area contributed by atoms with E-state index in [1.165, 1.54) is 5.56 Å². The van der Waals surface area contributed by atoms with Gasteiger partial charge in [-0.1, -0.05) is 45.0 Å². The fourth-order valence-electron chi connectivity index (χ4n) is 3.56. The maximum atomic E-state index is 12.7. The molecule has 6 nitrogen and oxygen atoms in total. The Kier molecular flexibility index (Phi) is 6.36. The number of ether oxygens (including phenoxy) is 1. The largest absolute Gasteiger partial charge is 0.471 e. The summed E-state index contributed by atoms with van der Waals surface area (Å²) in [5.41, 5.74) is 3.78. The van der Waals surface area contributed by atoms with E-state index in [9.17, 15) is 4.79 Å². The SMILES string of the molecule is C[C@@H](NC(=O)c1ccn(COc2ccc(C(C)(C)C)cc2)n1)c1cccc(-n2cccc2)c1. The van der Waals surface area contributed by atoms with Crippen molar-refractivity contribution < 1.29 is 9.53 Å². The molecule has 0 saturated carbocycles. The highest BCUT2D eigenvalue weighted by Gasteiger charge is 2.15. The molecule has 1 atom stereocenters. The van der Waals surface area contributed by atoms with E-state index in [-0.39, 0.29) is 24.1 Å². The third-order valence-corrected chi connectivity index (χ3v) is 5.58. The van der Waals surface area contributed by atoms with E-state index in [0.717, 1.165) is 17.0 Å². The Morgan fingerprint density at radius 1 is 1.00 bits per heavy atom. The normalized spacial score (nSPS) is 12.4. The Hall–Kier alpha value is -3.80. The molecule has 0 spiro atoms. The molecule has 33 heavy (non-hydrogen) atoms. The first kappa shape index (κ1) is 22.4. The zero-order valence-electron chi connectivity index (χ0n) is 19.5. The number of aromatic nitrogens is 3.